The topological polar surface area (TPSA) is 29.0 Å². The lowest BCUT2D eigenvalue weighted by Crippen LogP contribution is -2.10. The first-order valence-electron chi connectivity index (χ1n) is 3.86. The van der Waals surface area contributed by atoms with Crippen LogP contribution in [0.4, 0.5) is 5.82 Å². The molecule has 0 N–H and O–H groups in total. The van der Waals surface area contributed by atoms with Gasteiger partial charge in [0.15, 0.2) is 0 Å². The summed E-state index contributed by atoms with van der Waals surface area (Å²) in [4.78, 5) is 10.1. The van der Waals surface area contributed by atoms with Crippen LogP contribution in [-0.2, 0) is 0 Å². The Morgan fingerprint density at radius 3 is 2.67 bits per heavy atom. The molecule has 0 amide bonds. The summed E-state index contributed by atoms with van der Waals surface area (Å²) in [5, 5.41) is 0. The van der Waals surface area contributed by atoms with Gasteiger partial charge in [0.05, 0.1) is 5.69 Å². The average Bonchev–Trinajstić information content (AvgIpc) is 2.05. The molecule has 1 aromatic rings. The molecule has 64 valence electrons. The van der Waals surface area contributed by atoms with Gasteiger partial charge < -0.3 is 4.90 Å². The fourth-order valence-corrected chi connectivity index (χ4v) is 0.868. The summed E-state index contributed by atoms with van der Waals surface area (Å²) in [6.07, 6.45) is 5.49. The highest BCUT2D eigenvalue weighted by molar-refractivity contribution is 5.49. The molecule has 0 aromatic carbocycles. The van der Waals surface area contributed by atoms with Crippen LogP contribution in [0.1, 0.15) is 12.6 Å². The molecule has 0 aliphatic rings. The number of aromatic nitrogens is 2. The van der Waals surface area contributed by atoms with E-state index in [-0.39, 0.29) is 0 Å². The third kappa shape index (κ3) is 2.05. The van der Waals surface area contributed by atoms with Gasteiger partial charge in [0.2, 0.25) is 0 Å². The van der Waals surface area contributed by atoms with E-state index in [2.05, 4.69) is 9.97 Å². The lowest BCUT2D eigenvalue weighted by molar-refractivity contribution is 1.03. The molecule has 0 saturated carbocycles. The van der Waals surface area contributed by atoms with Crippen LogP contribution in [0, 0.1) is 0 Å². The van der Waals surface area contributed by atoms with Gasteiger partial charge in [-0.15, -0.1) is 0 Å². The molecule has 0 aliphatic carbocycles. The van der Waals surface area contributed by atoms with E-state index in [0.717, 1.165) is 11.5 Å². The van der Waals surface area contributed by atoms with E-state index < -0.39 is 0 Å². The van der Waals surface area contributed by atoms with Crippen molar-refractivity contribution in [3.05, 3.63) is 24.2 Å². The summed E-state index contributed by atoms with van der Waals surface area (Å²) in [5.41, 5.74) is 0.941. The Balaban J connectivity index is 2.95. The minimum Gasteiger partial charge on any atom is -0.363 e. The van der Waals surface area contributed by atoms with Gasteiger partial charge in [0, 0.05) is 20.2 Å². The second-order valence-electron chi connectivity index (χ2n) is 2.70. The van der Waals surface area contributed by atoms with E-state index in [0.29, 0.717) is 0 Å². The number of allylic oxidation sites excluding steroid dienone is 1. The van der Waals surface area contributed by atoms with E-state index in [4.69, 9.17) is 0 Å². The molecular weight excluding hydrogens is 150 g/mol. The molecular formula is C9H13N3. The summed E-state index contributed by atoms with van der Waals surface area (Å²) in [6, 6.07) is 1.94. The zero-order valence-corrected chi connectivity index (χ0v) is 7.65. The van der Waals surface area contributed by atoms with Gasteiger partial charge in [-0.2, -0.15) is 0 Å². The fourth-order valence-electron chi connectivity index (χ4n) is 0.868. The monoisotopic (exact) mass is 163 g/mol. The molecule has 1 rings (SSSR count). The van der Waals surface area contributed by atoms with Crippen LogP contribution in [0.5, 0.6) is 0 Å². The maximum absolute atomic E-state index is 4.10. The predicted octanol–water partition coefficient (Wildman–Crippen LogP) is 1.58. The van der Waals surface area contributed by atoms with Crippen molar-refractivity contribution in [3.63, 3.8) is 0 Å². The summed E-state index contributed by atoms with van der Waals surface area (Å²) < 4.78 is 0. The van der Waals surface area contributed by atoms with Crippen LogP contribution in [0.15, 0.2) is 18.5 Å². The molecule has 0 unspecified atom stereocenters. The van der Waals surface area contributed by atoms with Crippen LogP contribution in [0.2, 0.25) is 0 Å². The maximum atomic E-state index is 4.10. The average molecular weight is 163 g/mol. The Morgan fingerprint density at radius 2 is 2.08 bits per heavy atom. The number of anilines is 1. The Hall–Kier alpha value is -1.38. The van der Waals surface area contributed by atoms with Gasteiger partial charge in [-0.25, -0.2) is 9.97 Å². The van der Waals surface area contributed by atoms with Crippen molar-refractivity contribution < 1.29 is 0 Å². The van der Waals surface area contributed by atoms with Gasteiger partial charge in [-0.1, -0.05) is 6.08 Å². The Morgan fingerprint density at radius 1 is 1.33 bits per heavy atom. The minimum absolute atomic E-state index is 0.929. The zero-order valence-electron chi connectivity index (χ0n) is 7.65. The molecule has 1 aromatic heterocycles. The van der Waals surface area contributed by atoms with Crippen molar-refractivity contribution in [2.75, 3.05) is 19.0 Å². The lowest BCUT2D eigenvalue weighted by Gasteiger charge is -2.10. The Labute approximate surface area is 72.8 Å². The molecule has 0 fully saturated rings. The molecule has 0 bridgehead atoms. The van der Waals surface area contributed by atoms with E-state index in [1.165, 1.54) is 0 Å². The highest BCUT2D eigenvalue weighted by Crippen LogP contribution is 2.07. The summed E-state index contributed by atoms with van der Waals surface area (Å²) in [7, 11) is 3.92. The van der Waals surface area contributed by atoms with Crippen LogP contribution in [0.25, 0.3) is 6.08 Å². The zero-order chi connectivity index (χ0) is 8.97. The molecule has 1 heterocycles. The van der Waals surface area contributed by atoms with Crippen molar-refractivity contribution in [3.8, 4) is 0 Å². The largest absolute Gasteiger partial charge is 0.363 e. The normalized spacial score (nSPS) is 10.6. The number of nitrogens with zero attached hydrogens (tertiary/aromatic N) is 3. The van der Waals surface area contributed by atoms with Gasteiger partial charge in [-0.05, 0) is 13.0 Å². The van der Waals surface area contributed by atoms with E-state index in [9.17, 15) is 0 Å². The van der Waals surface area contributed by atoms with E-state index in [1.807, 2.05) is 44.1 Å². The molecule has 3 nitrogen and oxygen atoms in total. The third-order valence-corrected chi connectivity index (χ3v) is 1.47. The highest BCUT2D eigenvalue weighted by Gasteiger charge is 1.96. The van der Waals surface area contributed by atoms with Gasteiger partial charge in [0.1, 0.15) is 12.1 Å². The van der Waals surface area contributed by atoms with Crippen LogP contribution >= 0.6 is 0 Å². The second-order valence-corrected chi connectivity index (χ2v) is 2.70. The summed E-state index contributed by atoms with van der Waals surface area (Å²) >= 11 is 0. The summed E-state index contributed by atoms with van der Waals surface area (Å²) in [6.45, 7) is 1.97. The van der Waals surface area contributed by atoms with Crippen molar-refractivity contribution >= 4 is 11.9 Å². The fraction of sp³-hybridized carbons (Fsp3) is 0.333. The molecule has 0 saturated heterocycles. The molecule has 3 heteroatoms. The molecule has 0 radical (unpaired) electrons. The molecule has 12 heavy (non-hydrogen) atoms. The van der Waals surface area contributed by atoms with E-state index in [1.54, 1.807) is 6.33 Å². The SMILES string of the molecule is C/C=C\c1cc(N(C)C)ncn1. The number of hydrogen-bond acceptors (Lipinski definition) is 3. The van der Waals surface area contributed by atoms with Crippen LogP contribution in [0.3, 0.4) is 0 Å². The third-order valence-electron chi connectivity index (χ3n) is 1.47. The smallest absolute Gasteiger partial charge is 0.132 e. The maximum Gasteiger partial charge on any atom is 0.132 e. The Kier molecular flexibility index (Phi) is 2.80. The van der Waals surface area contributed by atoms with Crippen LogP contribution < -0.4 is 4.90 Å². The first-order chi connectivity index (χ1) is 5.74. The molecule has 0 spiro atoms. The lowest BCUT2D eigenvalue weighted by atomic mass is 10.3. The minimum atomic E-state index is 0.929. The van der Waals surface area contributed by atoms with Gasteiger partial charge >= 0.3 is 0 Å². The highest BCUT2D eigenvalue weighted by atomic mass is 15.1. The molecule has 0 atom stereocenters. The molecule has 0 aliphatic heterocycles. The quantitative estimate of drug-likeness (QED) is 0.662. The summed E-state index contributed by atoms with van der Waals surface area (Å²) in [5.74, 6) is 0.929. The van der Waals surface area contributed by atoms with Crippen LogP contribution in [-0.4, -0.2) is 24.1 Å². The Bertz CT molecular complexity index is 279. The van der Waals surface area contributed by atoms with Crippen molar-refractivity contribution in [1.82, 2.24) is 9.97 Å². The standard InChI is InChI=1S/C9H13N3/c1-4-5-8-6-9(12(2)3)11-7-10-8/h4-7H,1-3H3/b5-4-. The predicted molar refractivity (Wildman–Crippen MR) is 51.1 cm³/mol. The first kappa shape index (κ1) is 8.71. The van der Waals surface area contributed by atoms with Gasteiger partial charge in [-0.3, -0.25) is 0 Å². The van der Waals surface area contributed by atoms with Gasteiger partial charge in [0.25, 0.3) is 0 Å². The van der Waals surface area contributed by atoms with Crippen molar-refractivity contribution in [2.24, 2.45) is 0 Å². The van der Waals surface area contributed by atoms with Crippen molar-refractivity contribution in [2.45, 2.75) is 6.92 Å². The van der Waals surface area contributed by atoms with E-state index >= 15 is 0 Å². The number of rotatable bonds is 2. The number of hydrogen-bond donors (Lipinski definition) is 0. The first-order valence-corrected chi connectivity index (χ1v) is 3.86. The second kappa shape index (κ2) is 3.85. The van der Waals surface area contributed by atoms with Crippen molar-refractivity contribution in [1.29, 1.82) is 0 Å².